The Morgan fingerprint density at radius 2 is 0.528 bits per heavy atom. The number of carboxylic acid groups (broad SMARTS) is 8. The van der Waals surface area contributed by atoms with Crippen molar-refractivity contribution in [3.05, 3.63) is 0 Å². The molecule has 0 bridgehead atoms. The number of aliphatic hydroxyl groups is 1. The number of aliphatic carboxylic acids is 8. The van der Waals surface area contributed by atoms with Crippen molar-refractivity contribution in [2.24, 2.45) is 11.7 Å². The maximum Gasteiger partial charge on any atom is 0.326 e. The third-order valence-electron chi connectivity index (χ3n) is 12.0. The molecule has 0 unspecified atom stereocenters. The van der Waals surface area contributed by atoms with Crippen LogP contribution in [0.25, 0.3) is 0 Å². The summed E-state index contributed by atoms with van der Waals surface area (Å²) in [5.41, 5.74) is 5.50. The highest BCUT2D eigenvalue weighted by Gasteiger charge is 2.34. The second kappa shape index (κ2) is 41.0. The summed E-state index contributed by atoms with van der Waals surface area (Å²) in [6.45, 7) is -1.03. The monoisotopic (exact) mass is 1280 g/mol. The molecule has 0 radical (unpaired) electrons. The molecule has 0 saturated heterocycles. The lowest BCUT2D eigenvalue weighted by molar-refractivity contribution is -0.144. The normalized spacial score (nSPS) is 13.8. The predicted molar refractivity (Wildman–Crippen MR) is 290 cm³/mol. The van der Waals surface area contributed by atoms with Crippen molar-refractivity contribution in [2.75, 3.05) is 26.2 Å². The van der Waals surface area contributed by atoms with Gasteiger partial charge in [-0.1, -0.05) is 13.8 Å². The predicted octanol–water partition coefficient (Wildman–Crippen LogP) is -8.67. The zero-order valence-corrected chi connectivity index (χ0v) is 47.9. The lowest BCUT2D eigenvalue weighted by Gasteiger charge is -2.26. The molecule has 0 aromatic rings. The van der Waals surface area contributed by atoms with Gasteiger partial charge in [-0.25, -0.2) is 4.79 Å². The van der Waals surface area contributed by atoms with Gasteiger partial charge in [-0.2, -0.15) is 0 Å². The van der Waals surface area contributed by atoms with Crippen molar-refractivity contribution in [3.63, 3.8) is 0 Å². The van der Waals surface area contributed by atoms with E-state index in [1.165, 1.54) is 13.8 Å². The maximum absolute atomic E-state index is 13.7. The van der Waals surface area contributed by atoms with Crippen LogP contribution >= 0.6 is 0 Å². The largest absolute Gasteiger partial charge is 0.481 e. The van der Waals surface area contributed by atoms with Gasteiger partial charge in [0.1, 0.15) is 54.4 Å². The number of amides is 11. The Labute approximate surface area is 503 Å². The van der Waals surface area contributed by atoms with Crippen LogP contribution in [0, 0.1) is 5.92 Å². The van der Waals surface area contributed by atoms with Crippen molar-refractivity contribution in [2.45, 2.75) is 158 Å². The summed E-state index contributed by atoms with van der Waals surface area (Å²) in [5.74, 6) is -26.3. The fourth-order valence-corrected chi connectivity index (χ4v) is 7.31. The molecule has 40 nitrogen and oxygen atoms in total. The van der Waals surface area contributed by atoms with Crippen molar-refractivity contribution in [1.82, 2.24) is 58.5 Å². The van der Waals surface area contributed by atoms with Crippen molar-refractivity contribution >= 4 is 113 Å². The molecule has 40 heteroatoms. The van der Waals surface area contributed by atoms with Gasteiger partial charge in [0, 0.05) is 44.9 Å². The van der Waals surface area contributed by atoms with Crippen LogP contribution in [0.15, 0.2) is 0 Å². The van der Waals surface area contributed by atoms with Crippen LogP contribution in [0.2, 0.25) is 0 Å². The number of rotatable bonds is 46. The Hall–Kier alpha value is -10.1. The molecule has 498 valence electrons. The first kappa shape index (κ1) is 78.8. The summed E-state index contributed by atoms with van der Waals surface area (Å²) in [7, 11) is 0. The lowest BCUT2D eigenvalue weighted by Crippen LogP contribution is -2.58. The summed E-state index contributed by atoms with van der Waals surface area (Å²) in [5, 5.41) is 106. The average Bonchev–Trinajstić information content (AvgIpc) is 3.63. The van der Waals surface area contributed by atoms with Gasteiger partial charge in [0.15, 0.2) is 0 Å². The minimum atomic E-state index is -2.00. The number of nitrogens with two attached hydrogens (primary N) is 1. The third-order valence-corrected chi connectivity index (χ3v) is 12.0. The molecule has 0 heterocycles. The summed E-state index contributed by atoms with van der Waals surface area (Å²) >= 11 is 0. The van der Waals surface area contributed by atoms with Crippen LogP contribution < -0.4 is 64.2 Å². The molecule has 0 aliphatic carbocycles. The summed E-state index contributed by atoms with van der Waals surface area (Å²) in [6.07, 6.45) is -10.6. The number of hydrogen-bond donors (Lipinski definition) is 21. The summed E-state index contributed by atoms with van der Waals surface area (Å²) in [4.78, 5) is 236. The number of carbonyl (C=O) groups excluding carboxylic acids is 11. The first-order valence-electron chi connectivity index (χ1n) is 26.8. The number of carbonyl (C=O) groups is 19. The van der Waals surface area contributed by atoms with Crippen molar-refractivity contribution < 1.29 is 137 Å². The zero-order chi connectivity index (χ0) is 68.2. The topological polar surface area (TPSA) is 665 Å². The molecular weight excluding hydrogens is 1200 g/mol. The number of aliphatic hydroxyl groups excluding tert-OH is 1. The smallest absolute Gasteiger partial charge is 0.326 e. The highest BCUT2D eigenvalue weighted by Crippen LogP contribution is 2.10. The fraction of sp³-hybridized carbons (Fsp3) is 0.612. The van der Waals surface area contributed by atoms with Crippen LogP contribution in [-0.4, -0.2) is 239 Å². The number of hydrogen-bond acceptors (Lipinski definition) is 21. The van der Waals surface area contributed by atoms with Crippen molar-refractivity contribution in [3.8, 4) is 0 Å². The van der Waals surface area contributed by atoms with Crippen LogP contribution in [-0.2, 0) is 91.1 Å². The van der Waals surface area contributed by atoms with Crippen LogP contribution in [0.3, 0.4) is 0 Å². The Balaban J connectivity index is 6.39. The molecular formula is C49H74N12O28. The van der Waals surface area contributed by atoms with Gasteiger partial charge >= 0.3 is 47.8 Å². The Bertz CT molecular complexity index is 2620. The first-order valence-corrected chi connectivity index (χ1v) is 26.8. The molecule has 22 N–H and O–H groups in total. The molecule has 0 rings (SSSR count). The minimum absolute atomic E-state index is 0.559. The molecule has 0 aliphatic heterocycles. The van der Waals surface area contributed by atoms with E-state index < -0.39 is 289 Å². The van der Waals surface area contributed by atoms with Crippen LogP contribution in [0.1, 0.15) is 104 Å². The highest BCUT2D eigenvalue weighted by atomic mass is 16.4. The van der Waals surface area contributed by atoms with Gasteiger partial charge in [0.05, 0.1) is 26.2 Å². The third kappa shape index (κ3) is 34.6. The van der Waals surface area contributed by atoms with Gasteiger partial charge in [-0.05, 0) is 50.9 Å². The van der Waals surface area contributed by atoms with E-state index in [-0.39, 0.29) is 0 Å². The molecule has 0 aromatic heterocycles. The van der Waals surface area contributed by atoms with Gasteiger partial charge in [0.25, 0.3) is 0 Å². The van der Waals surface area contributed by atoms with Gasteiger partial charge in [-0.3, -0.25) is 86.3 Å². The molecule has 89 heavy (non-hydrogen) atoms. The van der Waals surface area contributed by atoms with Crippen LogP contribution in [0.4, 0.5) is 0 Å². The van der Waals surface area contributed by atoms with E-state index in [2.05, 4.69) is 37.2 Å². The lowest BCUT2D eigenvalue weighted by atomic mass is 10.0. The molecule has 0 fully saturated rings. The van der Waals surface area contributed by atoms with E-state index in [1.807, 2.05) is 21.3 Å². The standard InChI is InChI=1S/C49H74N12O28/c1-21(2)40(61-41(80)22(50)20-62)48(87)59-25(5-12-35(70)71)44(83)53-17-30(63)54-23(3-10-33(66)67)42(81)51-18-31(64)55-26(6-13-36(72)73)45(84)58-28(8-15-38(76)77)47(86)57-24(4-11-34(68)69)43(82)52-19-32(65)56-27(7-14-37(74)75)46(85)60-29(49(88)89)9-16-39(78)79/h21-29,40,62H,3-20,50H2,1-2H3,(H,51,81)(H,52,82)(H,53,83)(H,54,63)(H,55,64)(H,56,65)(H,57,86)(H,58,84)(H,59,87)(H,60,85)(H,61,80)(H,66,67)(H,68,69)(H,70,71)(H,72,73)(H,74,75)(H,76,77)(H,78,79)(H,88,89)/t22-,23-,24-,25-,26-,27-,28-,29-,40-/m0/s1. The van der Waals surface area contributed by atoms with E-state index in [0.717, 1.165) is 0 Å². The minimum Gasteiger partial charge on any atom is -0.481 e. The van der Waals surface area contributed by atoms with Crippen LogP contribution in [0.5, 0.6) is 0 Å². The molecule has 0 aliphatic rings. The molecule has 0 saturated carbocycles. The average molecular weight is 1280 g/mol. The molecule has 11 amide bonds. The van der Waals surface area contributed by atoms with Gasteiger partial charge < -0.3 is 110 Å². The maximum atomic E-state index is 13.7. The second-order valence-corrected chi connectivity index (χ2v) is 19.6. The SMILES string of the molecule is CC(C)[C@H](NC(=O)[C@@H](N)CO)C(=O)N[C@@H](CCC(=O)O)C(=O)NCC(=O)N[C@@H](CCC(=O)O)C(=O)NCC(=O)N[C@@H](CCC(=O)O)C(=O)N[C@@H](CCC(=O)O)C(=O)N[C@@H](CCC(=O)O)C(=O)NCC(=O)N[C@@H](CCC(=O)O)C(=O)N[C@@H](CCC(=O)O)C(=O)O. The molecule has 9 atom stereocenters. The first-order chi connectivity index (χ1) is 41.5. The van der Waals surface area contributed by atoms with E-state index >= 15 is 0 Å². The van der Waals surface area contributed by atoms with E-state index in [4.69, 9.17) is 15.9 Å². The molecule has 0 spiro atoms. The summed E-state index contributed by atoms with van der Waals surface area (Å²) in [6, 6.07) is -15.8. The highest BCUT2D eigenvalue weighted by molar-refractivity contribution is 5.98. The van der Waals surface area contributed by atoms with E-state index in [1.54, 1.807) is 0 Å². The molecule has 0 aromatic carbocycles. The number of carboxylic acids is 8. The van der Waals surface area contributed by atoms with E-state index in [9.17, 15) is 127 Å². The Kier molecular flexibility index (Phi) is 36.4. The zero-order valence-electron chi connectivity index (χ0n) is 47.9. The number of nitrogens with one attached hydrogen (secondary N) is 11. The summed E-state index contributed by atoms with van der Waals surface area (Å²) < 4.78 is 0. The second-order valence-electron chi connectivity index (χ2n) is 19.6. The quantitative estimate of drug-likeness (QED) is 0.0269. The Morgan fingerprint density at radius 1 is 0.303 bits per heavy atom. The van der Waals surface area contributed by atoms with Gasteiger partial charge in [0.2, 0.25) is 65.0 Å². The van der Waals surface area contributed by atoms with Crippen molar-refractivity contribution in [1.29, 1.82) is 0 Å². The van der Waals surface area contributed by atoms with E-state index in [0.29, 0.717) is 0 Å². The fourth-order valence-electron chi connectivity index (χ4n) is 7.31. The van der Waals surface area contributed by atoms with Gasteiger partial charge in [-0.15, -0.1) is 0 Å². The Morgan fingerprint density at radius 3 is 0.775 bits per heavy atom.